The number of amides is 1. The van der Waals surface area contributed by atoms with Crippen molar-refractivity contribution in [1.29, 1.82) is 0 Å². The predicted molar refractivity (Wildman–Crippen MR) is 99.5 cm³/mol. The van der Waals surface area contributed by atoms with E-state index in [9.17, 15) is 4.79 Å². The van der Waals surface area contributed by atoms with Gasteiger partial charge in [-0.15, -0.1) is 10.2 Å². The van der Waals surface area contributed by atoms with Crippen molar-refractivity contribution in [2.45, 2.75) is 6.92 Å². The van der Waals surface area contributed by atoms with Crippen LogP contribution in [0.25, 0.3) is 22.1 Å². The highest BCUT2D eigenvalue weighted by Gasteiger charge is 2.15. The number of carbonyl (C=O) groups is 1. The van der Waals surface area contributed by atoms with Crippen LogP contribution in [0.4, 0.5) is 5.95 Å². The Labute approximate surface area is 149 Å². The number of rotatable bonds is 3. The standard InChI is InChI=1S/C19H17N5O2/c1-11-7-8-15-14(9-11)16-17(24(15)2)20-19(23-22-16)21-18(25)12-5-4-6-13(10-12)26-3/h4-10H,1-3H3,(H,20,21,23,25). The first-order chi connectivity index (χ1) is 12.6. The Morgan fingerprint density at radius 2 is 2.00 bits per heavy atom. The van der Waals surface area contributed by atoms with E-state index < -0.39 is 0 Å². The lowest BCUT2D eigenvalue weighted by Crippen LogP contribution is -2.15. The van der Waals surface area contributed by atoms with E-state index in [-0.39, 0.29) is 11.9 Å². The average Bonchev–Trinajstić information content (AvgIpc) is 2.93. The van der Waals surface area contributed by atoms with E-state index in [0.29, 0.717) is 22.5 Å². The molecule has 4 rings (SSSR count). The van der Waals surface area contributed by atoms with Gasteiger partial charge in [-0.2, -0.15) is 4.98 Å². The van der Waals surface area contributed by atoms with Crippen molar-refractivity contribution >= 4 is 33.9 Å². The maximum atomic E-state index is 12.4. The minimum atomic E-state index is -0.320. The zero-order valence-corrected chi connectivity index (χ0v) is 14.6. The lowest BCUT2D eigenvalue weighted by molar-refractivity contribution is 0.102. The maximum Gasteiger partial charge on any atom is 0.258 e. The Morgan fingerprint density at radius 1 is 1.15 bits per heavy atom. The van der Waals surface area contributed by atoms with Gasteiger partial charge in [0, 0.05) is 18.0 Å². The Balaban J connectivity index is 1.72. The Kier molecular flexibility index (Phi) is 3.76. The van der Waals surface area contributed by atoms with Gasteiger partial charge in [-0.05, 0) is 37.3 Å². The predicted octanol–water partition coefficient (Wildman–Crippen LogP) is 3.09. The zero-order valence-electron chi connectivity index (χ0n) is 14.6. The minimum Gasteiger partial charge on any atom is -0.497 e. The van der Waals surface area contributed by atoms with Crippen LogP contribution in [0, 0.1) is 6.92 Å². The van der Waals surface area contributed by atoms with Crippen LogP contribution in [0.2, 0.25) is 0 Å². The Hall–Kier alpha value is -3.48. The van der Waals surface area contributed by atoms with E-state index in [0.717, 1.165) is 16.5 Å². The summed E-state index contributed by atoms with van der Waals surface area (Å²) in [7, 11) is 3.47. The number of methoxy groups -OCH3 is 1. The van der Waals surface area contributed by atoms with Crippen molar-refractivity contribution < 1.29 is 9.53 Å². The molecule has 0 radical (unpaired) electrons. The van der Waals surface area contributed by atoms with Gasteiger partial charge in [-0.3, -0.25) is 10.1 Å². The van der Waals surface area contributed by atoms with E-state index in [4.69, 9.17) is 4.74 Å². The molecule has 26 heavy (non-hydrogen) atoms. The molecule has 2 heterocycles. The van der Waals surface area contributed by atoms with Gasteiger partial charge >= 0.3 is 0 Å². The van der Waals surface area contributed by atoms with Gasteiger partial charge < -0.3 is 9.30 Å². The van der Waals surface area contributed by atoms with Crippen LogP contribution in [-0.4, -0.2) is 32.8 Å². The molecule has 130 valence electrons. The second kappa shape index (κ2) is 6.11. The number of aryl methyl sites for hydroxylation is 2. The number of ether oxygens (including phenoxy) is 1. The van der Waals surface area contributed by atoms with Crippen LogP contribution in [0.1, 0.15) is 15.9 Å². The molecule has 0 aliphatic heterocycles. The first-order valence-corrected chi connectivity index (χ1v) is 8.11. The molecule has 0 saturated heterocycles. The smallest absolute Gasteiger partial charge is 0.258 e. The van der Waals surface area contributed by atoms with Crippen molar-refractivity contribution in [3.8, 4) is 5.75 Å². The summed E-state index contributed by atoms with van der Waals surface area (Å²) in [6.45, 7) is 2.03. The molecule has 0 aliphatic carbocycles. The lowest BCUT2D eigenvalue weighted by Gasteiger charge is -2.05. The molecule has 1 amide bonds. The molecule has 0 spiro atoms. The van der Waals surface area contributed by atoms with E-state index in [1.54, 1.807) is 31.4 Å². The summed E-state index contributed by atoms with van der Waals surface area (Å²) < 4.78 is 7.09. The monoisotopic (exact) mass is 347 g/mol. The summed E-state index contributed by atoms with van der Waals surface area (Å²) in [5.74, 6) is 0.448. The quantitative estimate of drug-likeness (QED) is 0.616. The van der Waals surface area contributed by atoms with E-state index in [1.165, 1.54) is 0 Å². The molecule has 0 bridgehead atoms. The second-order valence-electron chi connectivity index (χ2n) is 6.07. The molecule has 0 saturated carbocycles. The highest BCUT2D eigenvalue weighted by molar-refractivity contribution is 6.06. The van der Waals surface area contributed by atoms with Gasteiger partial charge in [-0.1, -0.05) is 17.7 Å². The van der Waals surface area contributed by atoms with Crippen molar-refractivity contribution in [2.75, 3.05) is 12.4 Å². The fourth-order valence-corrected chi connectivity index (χ4v) is 2.96. The van der Waals surface area contributed by atoms with Crippen LogP contribution in [0.15, 0.2) is 42.5 Å². The molecule has 2 aromatic carbocycles. The lowest BCUT2D eigenvalue weighted by atomic mass is 10.2. The molecular formula is C19H17N5O2. The summed E-state index contributed by atoms with van der Waals surface area (Å²) in [6, 6.07) is 13.0. The molecule has 7 nitrogen and oxygen atoms in total. The number of hydrogen-bond donors (Lipinski definition) is 1. The topological polar surface area (TPSA) is 81.9 Å². The van der Waals surface area contributed by atoms with Crippen LogP contribution >= 0.6 is 0 Å². The number of anilines is 1. The summed E-state index contributed by atoms with van der Waals surface area (Å²) in [4.78, 5) is 16.9. The fraction of sp³-hybridized carbons (Fsp3) is 0.158. The molecule has 4 aromatic rings. The third kappa shape index (κ3) is 2.63. The summed E-state index contributed by atoms with van der Waals surface area (Å²) in [6.07, 6.45) is 0. The number of carbonyl (C=O) groups excluding carboxylic acids is 1. The first-order valence-electron chi connectivity index (χ1n) is 8.11. The van der Waals surface area contributed by atoms with Crippen LogP contribution in [-0.2, 0) is 7.05 Å². The number of nitrogens with zero attached hydrogens (tertiary/aromatic N) is 4. The largest absolute Gasteiger partial charge is 0.497 e. The van der Waals surface area contributed by atoms with Crippen molar-refractivity contribution in [3.05, 3.63) is 53.6 Å². The second-order valence-corrected chi connectivity index (χ2v) is 6.07. The maximum absolute atomic E-state index is 12.4. The van der Waals surface area contributed by atoms with Crippen LogP contribution in [0.5, 0.6) is 5.75 Å². The molecular weight excluding hydrogens is 330 g/mol. The number of nitrogens with one attached hydrogen (secondary N) is 1. The molecule has 0 fully saturated rings. The molecule has 2 aromatic heterocycles. The summed E-state index contributed by atoms with van der Waals surface area (Å²) >= 11 is 0. The fourth-order valence-electron chi connectivity index (χ4n) is 2.96. The third-order valence-electron chi connectivity index (χ3n) is 4.31. The van der Waals surface area contributed by atoms with Crippen molar-refractivity contribution in [3.63, 3.8) is 0 Å². The number of hydrogen-bond acceptors (Lipinski definition) is 5. The molecule has 0 aliphatic rings. The first kappa shape index (κ1) is 16.0. The minimum absolute atomic E-state index is 0.160. The van der Waals surface area contributed by atoms with Crippen LogP contribution in [0.3, 0.4) is 0 Å². The molecule has 1 N–H and O–H groups in total. The molecule has 0 atom stereocenters. The summed E-state index contributed by atoms with van der Waals surface area (Å²) in [5, 5.41) is 12.0. The van der Waals surface area contributed by atoms with Crippen LogP contribution < -0.4 is 10.1 Å². The average molecular weight is 347 g/mol. The van der Waals surface area contributed by atoms with Crippen molar-refractivity contribution in [1.82, 2.24) is 19.7 Å². The highest BCUT2D eigenvalue weighted by Crippen LogP contribution is 2.26. The van der Waals surface area contributed by atoms with Gasteiger partial charge in [0.25, 0.3) is 11.9 Å². The SMILES string of the molecule is COc1cccc(C(=O)Nc2nnc3c4cc(C)ccc4n(C)c3n2)c1. The molecule has 7 heteroatoms. The number of fused-ring (bicyclic) bond motifs is 3. The van der Waals surface area contributed by atoms with Gasteiger partial charge in [-0.25, -0.2) is 0 Å². The Bertz CT molecular complexity index is 1150. The van der Waals surface area contributed by atoms with E-state index in [2.05, 4.69) is 26.6 Å². The Morgan fingerprint density at radius 3 is 2.81 bits per heavy atom. The van der Waals surface area contributed by atoms with Crippen molar-refractivity contribution in [2.24, 2.45) is 7.05 Å². The zero-order chi connectivity index (χ0) is 18.3. The van der Waals surface area contributed by atoms with Gasteiger partial charge in [0.05, 0.1) is 12.6 Å². The van der Waals surface area contributed by atoms with Gasteiger partial charge in [0.2, 0.25) is 0 Å². The van der Waals surface area contributed by atoms with E-state index >= 15 is 0 Å². The van der Waals surface area contributed by atoms with Gasteiger partial charge in [0.15, 0.2) is 5.65 Å². The third-order valence-corrected chi connectivity index (χ3v) is 4.31. The highest BCUT2D eigenvalue weighted by atomic mass is 16.5. The van der Waals surface area contributed by atoms with E-state index in [1.807, 2.05) is 30.7 Å². The summed E-state index contributed by atoms with van der Waals surface area (Å²) in [5.41, 5.74) is 4.00. The number of benzene rings is 2. The molecule has 0 unspecified atom stereocenters. The van der Waals surface area contributed by atoms with Gasteiger partial charge in [0.1, 0.15) is 11.3 Å². The number of aromatic nitrogens is 4. The normalized spacial score (nSPS) is 11.0.